The maximum atomic E-state index is 5.77. The second kappa shape index (κ2) is 4.08. The van der Waals surface area contributed by atoms with Crippen molar-refractivity contribution >= 4 is 11.3 Å². The lowest BCUT2D eigenvalue weighted by Crippen LogP contribution is -2.04. The fraction of sp³-hybridized carbons (Fsp3) is 0.273. The van der Waals surface area contributed by atoms with Crippen molar-refractivity contribution in [1.29, 1.82) is 0 Å². The van der Waals surface area contributed by atoms with Crippen LogP contribution in [0.1, 0.15) is 24.2 Å². The molecule has 0 saturated carbocycles. The molecule has 2 aromatic heterocycles. The van der Waals surface area contributed by atoms with Crippen LogP contribution in [0.4, 0.5) is 0 Å². The number of aryl methyl sites for hydroxylation is 1. The predicted octanol–water partition coefficient (Wildman–Crippen LogP) is 2.53. The molecule has 0 bridgehead atoms. The Labute approximate surface area is 93.0 Å². The highest BCUT2D eigenvalue weighted by atomic mass is 32.1. The first-order chi connectivity index (χ1) is 7.18. The minimum Gasteiger partial charge on any atom is -0.323 e. The van der Waals surface area contributed by atoms with E-state index in [-0.39, 0.29) is 6.04 Å². The summed E-state index contributed by atoms with van der Waals surface area (Å²) in [6.45, 7) is 4.00. The van der Waals surface area contributed by atoms with Crippen molar-refractivity contribution in [1.82, 2.24) is 9.97 Å². The van der Waals surface area contributed by atoms with Crippen molar-refractivity contribution < 1.29 is 0 Å². The molecular weight excluding hydrogens is 206 g/mol. The van der Waals surface area contributed by atoms with E-state index in [2.05, 4.69) is 16.9 Å². The van der Waals surface area contributed by atoms with E-state index in [1.165, 1.54) is 5.56 Å². The van der Waals surface area contributed by atoms with Gasteiger partial charge in [-0.05, 0) is 25.5 Å². The number of thiazole rings is 1. The van der Waals surface area contributed by atoms with Gasteiger partial charge in [-0.2, -0.15) is 0 Å². The molecule has 1 atom stereocenters. The highest BCUT2D eigenvalue weighted by Gasteiger charge is 2.09. The minimum absolute atomic E-state index is 0.00743. The third-order valence-corrected chi connectivity index (χ3v) is 3.15. The van der Waals surface area contributed by atoms with Gasteiger partial charge in [0.1, 0.15) is 5.01 Å². The molecule has 2 rings (SSSR count). The summed E-state index contributed by atoms with van der Waals surface area (Å²) in [4.78, 5) is 8.61. The molecule has 0 aliphatic heterocycles. The topological polar surface area (TPSA) is 51.8 Å². The van der Waals surface area contributed by atoms with Gasteiger partial charge in [-0.3, -0.25) is 4.98 Å². The average molecular weight is 219 g/mol. The summed E-state index contributed by atoms with van der Waals surface area (Å²) in [6, 6.07) is 1.98. The number of nitrogens with zero attached hydrogens (tertiary/aromatic N) is 2. The summed E-state index contributed by atoms with van der Waals surface area (Å²) in [5.41, 5.74) is 9.00. The van der Waals surface area contributed by atoms with E-state index >= 15 is 0 Å². The highest BCUT2D eigenvalue weighted by molar-refractivity contribution is 7.13. The Balaban J connectivity index is 2.42. The van der Waals surface area contributed by atoms with E-state index < -0.39 is 0 Å². The Morgan fingerprint density at radius 3 is 2.87 bits per heavy atom. The van der Waals surface area contributed by atoms with E-state index in [9.17, 15) is 0 Å². The van der Waals surface area contributed by atoms with Crippen LogP contribution in [-0.4, -0.2) is 9.97 Å². The predicted molar refractivity (Wildman–Crippen MR) is 62.7 cm³/mol. The SMILES string of the molecule is Cc1ccncc1-c1nc(C(C)N)cs1. The molecule has 15 heavy (non-hydrogen) atoms. The number of nitrogens with two attached hydrogens (primary N) is 1. The highest BCUT2D eigenvalue weighted by Crippen LogP contribution is 2.27. The molecular formula is C11H13N3S. The Morgan fingerprint density at radius 1 is 1.47 bits per heavy atom. The molecule has 0 spiro atoms. The van der Waals surface area contributed by atoms with Crippen molar-refractivity contribution in [3.63, 3.8) is 0 Å². The third kappa shape index (κ3) is 2.06. The molecule has 78 valence electrons. The maximum absolute atomic E-state index is 5.77. The van der Waals surface area contributed by atoms with Gasteiger partial charge in [-0.1, -0.05) is 0 Å². The lowest BCUT2D eigenvalue weighted by molar-refractivity contribution is 0.790. The van der Waals surface area contributed by atoms with Gasteiger partial charge in [-0.15, -0.1) is 11.3 Å². The van der Waals surface area contributed by atoms with Gasteiger partial charge in [0.05, 0.1) is 5.69 Å². The number of pyridine rings is 1. The van der Waals surface area contributed by atoms with Crippen LogP contribution in [0, 0.1) is 6.92 Å². The van der Waals surface area contributed by atoms with Crippen LogP contribution >= 0.6 is 11.3 Å². The second-order valence-electron chi connectivity index (χ2n) is 3.56. The monoisotopic (exact) mass is 219 g/mol. The van der Waals surface area contributed by atoms with Crippen LogP contribution in [-0.2, 0) is 0 Å². The van der Waals surface area contributed by atoms with Gasteiger partial charge in [0.25, 0.3) is 0 Å². The van der Waals surface area contributed by atoms with Gasteiger partial charge in [0.15, 0.2) is 0 Å². The third-order valence-electron chi connectivity index (χ3n) is 2.26. The Bertz CT molecular complexity index is 462. The van der Waals surface area contributed by atoms with Gasteiger partial charge in [0, 0.05) is 29.4 Å². The number of aromatic nitrogens is 2. The molecule has 4 heteroatoms. The van der Waals surface area contributed by atoms with Crippen molar-refractivity contribution in [2.45, 2.75) is 19.9 Å². The molecule has 2 heterocycles. The molecule has 0 radical (unpaired) electrons. The van der Waals surface area contributed by atoms with Crippen LogP contribution in [0.3, 0.4) is 0 Å². The molecule has 0 aliphatic rings. The van der Waals surface area contributed by atoms with Crippen molar-refractivity contribution in [3.8, 4) is 10.6 Å². The van der Waals surface area contributed by atoms with E-state index in [0.29, 0.717) is 0 Å². The van der Waals surface area contributed by atoms with Gasteiger partial charge in [0.2, 0.25) is 0 Å². The lowest BCUT2D eigenvalue weighted by Gasteiger charge is -2.00. The average Bonchev–Trinajstić information content (AvgIpc) is 2.67. The molecule has 1 unspecified atom stereocenters. The Morgan fingerprint density at radius 2 is 2.27 bits per heavy atom. The molecule has 0 aromatic carbocycles. The fourth-order valence-corrected chi connectivity index (χ4v) is 2.31. The minimum atomic E-state index is -0.00743. The first-order valence-electron chi connectivity index (χ1n) is 4.80. The second-order valence-corrected chi connectivity index (χ2v) is 4.41. The van der Waals surface area contributed by atoms with Gasteiger partial charge < -0.3 is 5.73 Å². The molecule has 0 aliphatic carbocycles. The molecule has 2 N–H and O–H groups in total. The maximum Gasteiger partial charge on any atom is 0.125 e. The summed E-state index contributed by atoms with van der Waals surface area (Å²) < 4.78 is 0. The van der Waals surface area contributed by atoms with Crippen LogP contribution in [0.15, 0.2) is 23.8 Å². The van der Waals surface area contributed by atoms with Crippen LogP contribution < -0.4 is 5.73 Å². The van der Waals surface area contributed by atoms with E-state index in [1.807, 2.05) is 24.6 Å². The standard InChI is InChI=1S/C11H13N3S/c1-7-3-4-13-5-9(7)11-14-10(6-15-11)8(2)12/h3-6,8H,12H2,1-2H3. The van der Waals surface area contributed by atoms with Crippen molar-refractivity contribution in [2.75, 3.05) is 0 Å². The zero-order chi connectivity index (χ0) is 10.8. The lowest BCUT2D eigenvalue weighted by atomic mass is 10.2. The van der Waals surface area contributed by atoms with Crippen LogP contribution in [0.2, 0.25) is 0 Å². The first kappa shape index (κ1) is 10.3. The van der Waals surface area contributed by atoms with E-state index in [0.717, 1.165) is 16.3 Å². The van der Waals surface area contributed by atoms with Gasteiger partial charge in [-0.25, -0.2) is 4.98 Å². The van der Waals surface area contributed by atoms with E-state index in [1.54, 1.807) is 17.5 Å². The van der Waals surface area contributed by atoms with Crippen molar-refractivity contribution in [2.24, 2.45) is 5.73 Å². The van der Waals surface area contributed by atoms with Gasteiger partial charge >= 0.3 is 0 Å². The summed E-state index contributed by atoms with van der Waals surface area (Å²) in [6.07, 6.45) is 3.64. The largest absolute Gasteiger partial charge is 0.323 e. The molecule has 3 nitrogen and oxygen atoms in total. The molecule has 0 saturated heterocycles. The summed E-state index contributed by atoms with van der Waals surface area (Å²) in [5.74, 6) is 0. The quantitative estimate of drug-likeness (QED) is 0.844. The summed E-state index contributed by atoms with van der Waals surface area (Å²) in [7, 11) is 0. The molecule has 0 fully saturated rings. The zero-order valence-electron chi connectivity index (χ0n) is 8.77. The Kier molecular flexibility index (Phi) is 2.79. The molecule has 0 amide bonds. The van der Waals surface area contributed by atoms with Crippen LogP contribution in [0.5, 0.6) is 0 Å². The Hall–Kier alpha value is -1.26. The fourth-order valence-electron chi connectivity index (χ4n) is 1.31. The zero-order valence-corrected chi connectivity index (χ0v) is 9.58. The summed E-state index contributed by atoms with van der Waals surface area (Å²) in [5, 5.41) is 3.00. The van der Waals surface area contributed by atoms with Crippen LogP contribution in [0.25, 0.3) is 10.6 Å². The van der Waals surface area contributed by atoms with E-state index in [4.69, 9.17) is 5.73 Å². The first-order valence-corrected chi connectivity index (χ1v) is 5.68. The number of hydrogen-bond acceptors (Lipinski definition) is 4. The molecule has 2 aromatic rings. The number of hydrogen-bond donors (Lipinski definition) is 1. The van der Waals surface area contributed by atoms with Crippen molar-refractivity contribution in [3.05, 3.63) is 35.1 Å². The normalized spacial score (nSPS) is 12.7. The number of rotatable bonds is 2. The summed E-state index contributed by atoms with van der Waals surface area (Å²) >= 11 is 1.61. The smallest absolute Gasteiger partial charge is 0.125 e.